The molecular weight excluding hydrogens is 336 g/mol. The first-order chi connectivity index (χ1) is 10.0. The van der Waals surface area contributed by atoms with E-state index in [9.17, 15) is 4.79 Å². The average molecular weight is 351 g/mol. The molecule has 0 fully saturated rings. The molecule has 110 valence electrons. The number of benzene rings is 1. The van der Waals surface area contributed by atoms with Crippen molar-refractivity contribution in [3.05, 3.63) is 46.1 Å². The van der Waals surface area contributed by atoms with Crippen LogP contribution in [0, 0.1) is 6.92 Å². The van der Waals surface area contributed by atoms with Crippen molar-refractivity contribution in [2.45, 2.75) is 6.92 Å². The molecule has 0 aliphatic heterocycles. The van der Waals surface area contributed by atoms with Crippen molar-refractivity contribution in [1.29, 1.82) is 0 Å². The summed E-state index contributed by atoms with van der Waals surface area (Å²) in [6.07, 6.45) is 1.63. The highest BCUT2D eigenvalue weighted by atomic mass is 79.9. The second-order valence-corrected chi connectivity index (χ2v) is 5.26. The molecule has 2 rings (SSSR count). The lowest BCUT2D eigenvalue weighted by Gasteiger charge is -2.11. The van der Waals surface area contributed by atoms with Gasteiger partial charge in [0.25, 0.3) is 5.91 Å². The molecule has 1 heterocycles. The maximum Gasteiger partial charge on any atom is 0.260 e. The van der Waals surface area contributed by atoms with Crippen molar-refractivity contribution < 1.29 is 14.3 Å². The number of anilines is 1. The van der Waals surface area contributed by atoms with E-state index in [0.29, 0.717) is 22.9 Å². The number of pyridine rings is 1. The second kappa shape index (κ2) is 6.58. The summed E-state index contributed by atoms with van der Waals surface area (Å²) < 4.78 is 11.2. The molecule has 1 aromatic carbocycles. The van der Waals surface area contributed by atoms with Crippen LogP contribution in [0.5, 0.6) is 11.5 Å². The molecule has 0 atom stereocenters. The first-order valence-electron chi connectivity index (χ1n) is 6.20. The molecule has 5 nitrogen and oxygen atoms in total. The number of aryl methyl sites for hydroxylation is 1. The van der Waals surface area contributed by atoms with Gasteiger partial charge in [-0.15, -0.1) is 0 Å². The van der Waals surface area contributed by atoms with Gasteiger partial charge in [-0.3, -0.25) is 4.79 Å². The summed E-state index contributed by atoms with van der Waals surface area (Å²) in [6.45, 7) is 1.87. The van der Waals surface area contributed by atoms with Gasteiger partial charge >= 0.3 is 0 Å². The van der Waals surface area contributed by atoms with Gasteiger partial charge in [-0.1, -0.05) is 0 Å². The maximum absolute atomic E-state index is 12.3. The van der Waals surface area contributed by atoms with Crippen LogP contribution < -0.4 is 14.8 Å². The molecule has 0 saturated carbocycles. The van der Waals surface area contributed by atoms with Crippen molar-refractivity contribution in [3.63, 3.8) is 0 Å². The van der Waals surface area contributed by atoms with Gasteiger partial charge in [-0.25, -0.2) is 4.98 Å². The van der Waals surface area contributed by atoms with Crippen LogP contribution in [-0.4, -0.2) is 25.1 Å². The normalized spacial score (nSPS) is 10.1. The topological polar surface area (TPSA) is 60.5 Å². The number of hydrogen-bond donors (Lipinski definition) is 1. The standard InChI is InChI=1S/C15H15BrN2O3/c1-9-6-10(16)8-17-14(9)18-15(19)12-5-4-11(20-2)7-13(12)21-3/h4-8H,1-3H3,(H,17,18,19). The molecule has 2 aromatic rings. The number of nitrogens with zero attached hydrogens (tertiary/aromatic N) is 1. The first kappa shape index (κ1) is 15.3. The van der Waals surface area contributed by atoms with E-state index >= 15 is 0 Å². The number of amides is 1. The number of rotatable bonds is 4. The van der Waals surface area contributed by atoms with E-state index in [1.165, 1.54) is 7.11 Å². The second-order valence-electron chi connectivity index (χ2n) is 4.34. The molecule has 0 aliphatic rings. The van der Waals surface area contributed by atoms with Crippen molar-refractivity contribution in [1.82, 2.24) is 4.98 Å². The SMILES string of the molecule is COc1ccc(C(=O)Nc2ncc(Br)cc2C)c(OC)c1. The largest absolute Gasteiger partial charge is 0.497 e. The Morgan fingerprint density at radius 2 is 2.00 bits per heavy atom. The fourth-order valence-corrected chi connectivity index (χ4v) is 2.28. The Bertz CT molecular complexity index is 674. The predicted octanol–water partition coefficient (Wildman–Crippen LogP) is 3.42. The smallest absolute Gasteiger partial charge is 0.260 e. The lowest BCUT2D eigenvalue weighted by atomic mass is 10.1. The molecule has 1 aromatic heterocycles. The summed E-state index contributed by atoms with van der Waals surface area (Å²) >= 11 is 3.34. The zero-order chi connectivity index (χ0) is 15.4. The highest BCUT2D eigenvalue weighted by molar-refractivity contribution is 9.10. The van der Waals surface area contributed by atoms with E-state index in [0.717, 1.165) is 10.0 Å². The quantitative estimate of drug-likeness (QED) is 0.917. The van der Waals surface area contributed by atoms with Crippen molar-refractivity contribution in [3.8, 4) is 11.5 Å². The Hall–Kier alpha value is -2.08. The molecule has 1 N–H and O–H groups in total. The number of halogens is 1. The Labute approximate surface area is 131 Å². The molecule has 6 heteroatoms. The van der Waals surface area contributed by atoms with Gasteiger partial charge in [0.1, 0.15) is 17.3 Å². The molecular formula is C15H15BrN2O3. The van der Waals surface area contributed by atoms with E-state index < -0.39 is 0 Å². The van der Waals surface area contributed by atoms with Crippen molar-refractivity contribution >= 4 is 27.7 Å². The number of nitrogens with one attached hydrogen (secondary N) is 1. The highest BCUT2D eigenvalue weighted by Gasteiger charge is 2.15. The molecule has 1 amide bonds. The van der Waals surface area contributed by atoms with Crippen LogP contribution in [0.2, 0.25) is 0 Å². The van der Waals surface area contributed by atoms with Crippen molar-refractivity contribution in [2.24, 2.45) is 0 Å². The fraction of sp³-hybridized carbons (Fsp3) is 0.200. The highest BCUT2D eigenvalue weighted by Crippen LogP contribution is 2.26. The molecule has 0 aliphatic carbocycles. The monoisotopic (exact) mass is 350 g/mol. The first-order valence-corrected chi connectivity index (χ1v) is 7.00. The molecule has 0 radical (unpaired) electrons. The zero-order valence-electron chi connectivity index (χ0n) is 11.9. The van der Waals surface area contributed by atoms with Crippen LogP contribution in [0.3, 0.4) is 0 Å². The average Bonchev–Trinajstić information content (AvgIpc) is 2.49. The zero-order valence-corrected chi connectivity index (χ0v) is 13.5. The number of methoxy groups -OCH3 is 2. The van der Waals surface area contributed by atoms with E-state index in [-0.39, 0.29) is 5.91 Å². The minimum Gasteiger partial charge on any atom is -0.497 e. The molecule has 21 heavy (non-hydrogen) atoms. The molecule has 0 spiro atoms. The minimum atomic E-state index is -0.285. The number of ether oxygens (including phenoxy) is 2. The van der Waals surface area contributed by atoms with Crippen LogP contribution >= 0.6 is 15.9 Å². The Balaban J connectivity index is 2.28. The summed E-state index contributed by atoms with van der Waals surface area (Å²) in [4.78, 5) is 16.5. The van der Waals surface area contributed by atoms with E-state index in [1.54, 1.807) is 31.5 Å². The molecule has 0 unspecified atom stereocenters. The molecule has 0 saturated heterocycles. The van der Waals surface area contributed by atoms with Crippen LogP contribution in [0.1, 0.15) is 15.9 Å². The minimum absolute atomic E-state index is 0.285. The van der Waals surface area contributed by atoms with E-state index in [1.807, 2.05) is 13.0 Å². The van der Waals surface area contributed by atoms with Gasteiger partial charge in [-0.2, -0.15) is 0 Å². The van der Waals surface area contributed by atoms with E-state index in [2.05, 4.69) is 26.2 Å². The van der Waals surface area contributed by atoms with Gasteiger partial charge in [0.2, 0.25) is 0 Å². The summed E-state index contributed by atoms with van der Waals surface area (Å²) in [5, 5.41) is 2.77. The maximum atomic E-state index is 12.3. The third kappa shape index (κ3) is 3.52. The number of carbonyl (C=O) groups excluding carboxylic acids is 1. The Kier molecular flexibility index (Phi) is 4.80. The predicted molar refractivity (Wildman–Crippen MR) is 84.2 cm³/mol. The summed E-state index contributed by atoms with van der Waals surface area (Å²) in [6, 6.07) is 6.91. The summed E-state index contributed by atoms with van der Waals surface area (Å²) in [5.41, 5.74) is 1.28. The molecule has 0 bridgehead atoms. The lowest BCUT2D eigenvalue weighted by Crippen LogP contribution is -2.15. The van der Waals surface area contributed by atoms with Crippen molar-refractivity contribution in [2.75, 3.05) is 19.5 Å². The van der Waals surface area contributed by atoms with Gasteiger partial charge in [0.05, 0.1) is 19.8 Å². The Morgan fingerprint density at radius 1 is 1.24 bits per heavy atom. The van der Waals surface area contributed by atoms with Gasteiger partial charge in [-0.05, 0) is 46.6 Å². The number of hydrogen-bond acceptors (Lipinski definition) is 4. The van der Waals surface area contributed by atoms with Gasteiger partial charge in [0.15, 0.2) is 0 Å². The summed E-state index contributed by atoms with van der Waals surface area (Å²) in [5.74, 6) is 1.30. The van der Waals surface area contributed by atoms with Gasteiger partial charge in [0, 0.05) is 16.7 Å². The van der Waals surface area contributed by atoms with Crippen LogP contribution in [-0.2, 0) is 0 Å². The fourth-order valence-electron chi connectivity index (χ4n) is 1.83. The number of carbonyl (C=O) groups is 1. The van der Waals surface area contributed by atoms with Gasteiger partial charge < -0.3 is 14.8 Å². The summed E-state index contributed by atoms with van der Waals surface area (Å²) in [7, 11) is 3.07. The van der Waals surface area contributed by atoms with Crippen LogP contribution in [0.25, 0.3) is 0 Å². The van der Waals surface area contributed by atoms with E-state index in [4.69, 9.17) is 9.47 Å². The van der Waals surface area contributed by atoms with Crippen LogP contribution in [0.4, 0.5) is 5.82 Å². The third-order valence-corrected chi connectivity index (χ3v) is 3.36. The van der Waals surface area contributed by atoms with Crippen LogP contribution in [0.15, 0.2) is 34.9 Å². The number of aromatic nitrogens is 1. The third-order valence-electron chi connectivity index (χ3n) is 2.93. The lowest BCUT2D eigenvalue weighted by molar-refractivity contribution is 0.102. The Morgan fingerprint density at radius 3 is 2.62 bits per heavy atom.